The van der Waals surface area contributed by atoms with E-state index in [2.05, 4.69) is 36.6 Å². The van der Waals surface area contributed by atoms with Crippen molar-refractivity contribution in [3.05, 3.63) is 46.7 Å². The maximum Gasteiger partial charge on any atom is 0.165 e. The second kappa shape index (κ2) is 7.49. The Morgan fingerprint density at radius 2 is 1.74 bits per heavy atom. The van der Waals surface area contributed by atoms with Crippen molar-refractivity contribution < 1.29 is 0 Å². The van der Waals surface area contributed by atoms with Crippen LogP contribution in [0.2, 0.25) is 5.02 Å². The molecule has 27 heavy (non-hydrogen) atoms. The average Bonchev–Trinajstić information content (AvgIpc) is 2.98. The van der Waals surface area contributed by atoms with E-state index in [0.717, 1.165) is 65.2 Å². The average molecular weight is 384 g/mol. The zero-order chi connectivity index (χ0) is 19.0. The van der Waals surface area contributed by atoms with E-state index in [1.807, 2.05) is 28.8 Å². The summed E-state index contributed by atoms with van der Waals surface area (Å²) >= 11 is 6.07. The van der Waals surface area contributed by atoms with Gasteiger partial charge in [-0.25, -0.2) is 4.98 Å². The molecule has 0 amide bonds. The van der Waals surface area contributed by atoms with Crippen LogP contribution in [0, 0.1) is 13.8 Å². The maximum absolute atomic E-state index is 6.07. The number of hydrogen-bond donors (Lipinski definition) is 0. The van der Waals surface area contributed by atoms with E-state index in [1.54, 1.807) is 0 Å². The smallest absolute Gasteiger partial charge is 0.165 e. The molecule has 3 heterocycles. The number of fused-ring (bicyclic) bond motifs is 1. The summed E-state index contributed by atoms with van der Waals surface area (Å²) in [7, 11) is 0. The van der Waals surface area contributed by atoms with Gasteiger partial charge in [-0.1, -0.05) is 30.7 Å². The molecule has 142 valence electrons. The minimum atomic E-state index is 0.739. The third kappa shape index (κ3) is 3.54. The van der Waals surface area contributed by atoms with Gasteiger partial charge in [0, 0.05) is 48.5 Å². The van der Waals surface area contributed by atoms with Gasteiger partial charge in [0.1, 0.15) is 5.82 Å². The van der Waals surface area contributed by atoms with E-state index < -0.39 is 0 Å². The fourth-order valence-electron chi connectivity index (χ4n) is 3.92. The third-order valence-electron chi connectivity index (χ3n) is 5.24. The summed E-state index contributed by atoms with van der Waals surface area (Å²) in [5.74, 6) is 1.14. The van der Waals surface area contributed by atoms with E-state index in [0.29, 0.717) is 0 Å². The molecule has 0 saturated carbocycles. The molecule has 0 bridgehead atoms. The van der Waals surface area contributed by atoms with Gasteiger partial charge in [0.25, 0.3) is 0 Å². The molecule has 6 heteroatoms. The highest BCUT2D eigenvalue weighted by atomic mass is 35.5. The summed E-state index contributed by atoms with van der Waals surface area (Å²) < 4.78 is 2.02. The lowest BCUT2D eigenvalue weighted by molar-refractivity contribution is 0.257. The molecule has 0 radical (unpaired) electrons. The van der Waals surface area contributed by atoms with Gasteiger partial charge in [-0.15, -0.1) is 0 Å². The Balaban J connectivity index is 1.75. The molecule has 0 aliphatic carbocycles. The van der Waals surface area contributed by atoms with Crippen molar-refractivity contribution in [2.75, 3.05) is 37.6 Å². The van der Waals surface area contributed by atoms with Crippen LogP contribution in [0.3, 0.4) is 0 Å². The minimum absolute atomic E-state index is 0.739. The molecule has 0 N–H and O–H groups in total. The molecular formula is C21H26ClN5. The lowest BCUT2D eigenvalue weighted by Crippen LogP contribution is -2.47. The number of piperazine rings is 1. The molecular weight excluding hydrogens is 358 g/mol. The molecule has 3 aromatic rings. The van der Waals surface area contributed by atoms with Crippen molar-refractivity contribution in [1.82, 2.24) is 19.5 Å². The lowest BCUT2D eigenvalue weighted by Gasteiger charge is -2.35. The highest BCUT2D eigenvalue weighted by Crippen LogP contribution is 2.31. The van der Waals surface area contributed by atoms with Gasteiger partial charge in [0.15, 0.2) is 5.65 Å². The highest BCUT2D eigenvalue weighted by Gasteiger charge is 2.22. The highest BCUT2D eigenvalue weighted by molar-refractivity contribution is 6.30. The topological polar surface area (TPSA) is 36.7 Å². The van der Waals surface area contributed by atoms with Crippen LogP contribution in [0.1, 0.15) is 24.7 Å². The summed E-state index contributed by atoms with van der Waals surface area (Å²) in [4.78, 5) is 9.80. The van der Waals surface area contributed by atoms with Gasteiger partial charge in [-0.2, -0.15) is 9.61 Å². The number of anilines is 1. The monoisotopic (exact) mass is 383 g/mol. The summed E-state index contributed by atoms with van der Waals surface area (Å²) in [5, 5.41) is 5.59. The number of nitrogens with zero attached hydrogens (tertiary/aromatic N) is 5. The first-order valence-corrected chi connectivity index (χ1v) is 10.0. The Labute approximate surface area is 165 Å². The molecule has 1 fully saturated rings. The molecule has 1 aliphatic rings. The van der Waals surface area contributed by atoms with E-state index in [4.69, 9.17) is 21.7 Å². The number of halogens is 1. The van der Waals surface area contributed by atoms with Crippen LogP contribution in [-0.2, 0) is 0 Å². The number of aryl methyl sites for hydroxylation is 2. The van der Waals surface area contributed by atoms with Crippen LogP contribution >= 0.6 is 11.6 Å². The summed E-state index contributed by atoms with van der Waals surface area (Å²) in [6, 6.07) is 10.1. The number of rotatable bonds is 4. The van der Waals surface area contributed by atoms with E-state index in [9.17, 15) is 0 Å². The van der Waals surface area contributed by atoms with Crippen LogP contribution in [0.25, 0.3) is 16.8 Å². The Morgan fingerprint density at radius 3 is 2.41 bits per heavy atom. The third-order valence-corrected chi connectivity index (χ3v) is 5.49. The molecule has 0 spiro atoms. The van der Waals surface area contributed by atoms with Crippen LogP contribution in [0.15, 0.2) is 30.3 Å². The van der Waals surface area contributed by atoms with Gasteiger partial charge >= 0.3 is 0 Å². The Morgan fingerprint density at radius 1 is 1.04 bits per heavy atom. The fraction of sp³-hybridized carbons (Fsp3) is 0.429. The first-order valence-electron chi connectivity index (χ1n) is 9.67. The molecule has 2 aromatic heterocycles. The molecule has 0 atom stereocenters. The second-order valence-corrected chi connectivity index (χ2v) is 7.72. The van der Waals surface area contributed by atoms with Crippen molar-refractivity contribution >= 4 is 23.1 Å². The first kappa shape index (κ1) is 18.3. The summed E-state index contributed by atoms with van der Waals surface area (Å²) in [6.07, 6.45) is 1.21. The van der Waals surface area contributed by atoms with E-state index in [-0.39, 0.29) is 0 Å². The van der Waals surface area contributed by atoms with Gasteiger partial charge in [0.05, 0.1) is 5.69 Å². The summed E-state index contributed by atoms with van der Waals surface area (Å²) in [5.41, 5.74) is 5.11. The molecule has 1 aliphatic heterocycles. The maximum atomic E-state index is 6.07. The number of hydrogen-bond acceptors (Lipinski definition) is 4. The van der Waals surface area contributed by atoms with Crippen LogP contribution in [0.4, 0.5) is 5.82 Å². The standard InChI is InChI=1S/C21H26ClN5/c1-4-9-25-10-12-26(13-11-25)19-14-15(2)23-21-20(16(3)24-27(19)21)17-5-7-18(22)8-6-17/h5-8,14H,4,9-13H2,1-3H3. The van der Waals surface area contributed by atoms with Crippen molar-refractivity contribution in [2.24, 2.45) is 0 Å². The van der Waals surface area contributed by atoms with Crippen molar-refractivity contribution in [3.8, 4) is 11.1 Å². The predicted octanol–water partition coefficient (Wildman–Crippen LogP) is 4.20. The van der Waals surface area contributed by atoms with Gasteiger partial charge < -0.3 is 4.90 Å². The van der Waals surface area contributed by atoms with Crippen LogP contribution in [-0.4, -0.2) is 52.2 Å². The van der Waals surface area contributed by atoms with Gasteiger partial charge in [0.2, 0.25) is 0 Å². The fourth-order valence-corrected chi connectivity index (χ4v) is 4.05. The largest absolute Gasteiger partial charge is 0.354 e. The predicted molar refractivity (Wildman–Crippen MR) is 112 cm³/mol. The van der Waals surface area contributed by atoms with Crippen molar-refractivity contribution in [3.63, 3.8) is 0 Å². The molecule has 4 rings (SSSR count). The molecule has 1 saturated heterocycles. The summed E-state index contributed by atoms with van der Waals surface area (Å²) in [6.45, 7) is 11.8. The van der Waals surface area contributed by atoms with E-state index in [1.165, 1.54) is 13.0 Å². The van der Waals surface area contributed by atoms with Gasteiger partial charge in [-0.05, 0) is 44.5 Å². The minimum Gasteiger partial charge on any atom is -0.354 e. The van der Waals surface area contributed by atoms with Crippen LogP contribution in [0.5, 0.6) is 0 Å². The molecule has 5 nitrogen and oxygen atoms in total. The number of aromatic nitrogens is 3. The Hall–Kier alpha value is -2.11. The zero-order valence-corrected chi connectivity index (χ0v) is 17.0. The molecule has 0 unspecified atom stereocenters. The first-order chi connectivity index (χ1) is 13.1. The second-order valence-electron chi connectivity index (χ2n) is 7.29. The molecule has 1 aromatic carbocycles. The Bertz CT molecular complexity index is 939. The Kier molecular flexibility index (Phi) is 5.06. The lowest BCUT2D eigenvalue weighted by atomic mass is 10.1. The van der Waals surface area contributed by atoms with Crippen molar-refractivity contribution in [1.29, 1.82) is 0 Å². The SMILES string of the molecule is CCCN1CCN(c2cc(C)nc3c(-c4ccc(Cl)cc4)c(C)nn23)CC1. The van der Waals surface area contributed by atoms with Gasteiger partial charge in [-0.3, -0.25) is 4.90 Å². The van der Waals surface area contributed by atoms with Crippen LogP contribution < -0.4 is 4.90 Å². The number of benzene rings is 1. The normalized spacial score (nSPS) is 15.6. The van der Waals surface area contributed by atoms with Crippen molar-refractivity contribution in [2.45, 2.75) is 27.2 Å². The zero-order valence-electron chi connectivity index (χ0n) is 16.2. The van der Waals surface area contributed by atoms with E-state index >= 15 is 0 Å². The quantitative estimate of drug-likeness (QED) is 0.676.